The number of terminal acetylenes is 1. The number of carbonyl (C=O) groups is 6. The van der Waals surface area contributed by atoms with Crippen LogP contribution < -0.4 is 11.5 Å². The maximum absolute atomic E-state index is 12.1. The number of nitrogens with zero attached hydrogens (tertiary/aromatic N) is 6. The number of nitrogens with two attached hydrogens (primary N) is 2. The molecule has 17 heteroatoms. The lowest BCUT2D eigenvalue weighted by Gasteiger charge is -2.13. The molecular formula is C42H37BrN8O8. The van der Waals surface area contributed by atoms with Crippen molar-refractivity contribution in [1.29, 1.82) is 0 Å². The van der Waals surface area contributed by atoms with Gasteiger partial charge >= 0.3 is 0 Å². The first-order valence-electron chi connectivity index (χ1n) is 18.0. The van der Waals surface area contributed by atoms with E-state index in [0.29, 0.717) is 47.6 Å². The number of amides is 4. The molecule has 6 N–H and O–H groups in total. The minimum Gasteiger partial charge on any atom is -0.369 e. The third-order valence-corrected chi connectivity index (χ3v) is 10.4. The molecule has 0 unspecified atom stereocenters. The maximum atomic E-state index is 12.1. The molecule has 4 aliphatic rings. The van der Waals surface area contributed by atoms with Crippen molar-refractivity contribution in [2.24, 2.45) is 11.5 Å². The molecule has 4 heterocycles. The SMILES string of the molecule is C#C[C@]1(O)CCN(C)C1=O.CN1CC[C@@](O)(C#Cc2cccc(-n3nc(C(N)=O)c4c3C=CC(=O)C4)c2)C1=O.NC(=O)c1nn(-c2cccc(Br)c2)c2c1CC(=O)C=C2. The van der Waals surface area contributed by atoms with Crippen LogP contribution in [0.25, 0.3) is 23.5 Å². The number of benzene rings is 2. The van der Waals surface area contributed by atoms with Crippen LogP contribution in [0.1, 0.15) is 61.9 Å². The lowest BCUT2D eigenvalue weighted by Crippen LogP contribution is -2.37. The monoisotopic (exact) mass is 860 g/mol. The van der Waals surface area contributed by atoms with Gasteiger partial charge in [0, 0.05) is 74.0 Å². The number of carbonyl (C=O) groups excluding carboxylic acids is 6. The molecule has 4 amide bonds. The highest BCUT2D eigenvalue weighted by atomic mass is 79.9. The summed E-state index contributed by atoms with van der Waals surface area (Å²) in [5, 5.41) is 28.3. The molecule has 0 bridgehead atoms. The molecule has 2 aromatic carbocycles. The molecular weight excluding hydrogens is 824 g/mol. The van der Waals surface area contributed by atoms with E-state index in [2.05, 4.69) is 43.9 Å². The number of fused-ring (bicyclic) bond motifs is 2. The number of ketones is 2. The van der Waals surface area contributed by atoms with Gasteiger partial charge in [-0.05, 0) is 60.7 Å². The Hall–Kier alpha value is -6.92. The minimum atomic E-state index is -1.68. The molecule has 2 saturated heterocycles. The molecule has 2 aromatic heterocycles. The van der Waals surface area contributed by atoms with Gasteiger partial charge in [-0.3, -0.25) is 28.8 Å². The van der Waals surface area contributed by atoms with Crippen LogP contribution in [-0.4, -0.2) is 113 Å². The summed E-state index contributed by atoms with van der Waals surface area (Å²) < 4.78 is 4.06. The van der Waals surface area contributed by atoms with Gasteiger partial charge in [0.1, 0.15) is 0 Å². The van der Waals surface area contributed by atoms with Crippen molar-refractivity contribution in [2.45, 2.75) is 36.9 Å². The molecule has 2 aliphatic carbocycles. The molecule has 300 valence electrons. The van der Waals surface area contributed by atoms with Crippen LogP contribution >= 0.6 is 15.9 Å². The highest BCUT2D eigenvalue weighted by Gasteiger charge is 2.43. The summed E-state index contributed by atoms with van der Waals surface area (Å²) in [4.78, 5) is 72.4. The average Bonchev–Trinajstić information content (AvgIpc) is 3.93. The fourth-order valence-electron chi connectivity index (χ4n) is 6.67. The highest BCUT2D eigenvalue weighted by molar-refractivity contribution is 9.10. The highest BCUT2D eigenvalue weighted by Crippen LogP contribution is 2.27. The Balaban J connectivity index is 0.000000168. The van der Waals surface area contributed by atoms with Crippen LogP contribution in [0.3, 0.4) is 0 Å². The third kappa shape index (κ3) is 8.53. The molecule has 0 radical (unpaired) electrons. The van der Waals surface area contributed by atoms with E-state index >= 15 is 0 Å². The zero-order chi connectivity index (χ0) is 42.8. The first kappa shape index (κ1) is 41.7. The van der Waals surface area contributed by atoms with Crippen LogP contribution in [0.2, 0.25) is 0 Å². The summed E-state index contributed by atoms with van der Waals surface area (Å²) in [6.45, 7) is 0.990. The van der Waals surface area contributed by atoms with Gasteiger partial charge in [-0.15, -0.1) is 6.42 Å². The van der Waals surface area contributed by atoms with Crippen molar-refractivity contribution in [3.8, 4) is 35.6 Å². The molecule has 0 saturated carbocycles. The van der Waals surface area contributed by atoms with E-state index in [1.807, 2.05) is 24.3 Å². The maximum Gasteiger partial charge on any atom is 0.269 e. The van der Waals surface area contributed by atoms with Gasteiger partial charge in [-0.2, -0.15) is 10.2 Å². The van der Waals surface area contributed by atoms with Crippen molar-refractivity contribution in [3.05, 3.63) is 105 Å². The van der Waals surface area contributed by atoms with E-state index in [1.54, 1.807) is 55.2 Å². The van der Waals surface area contributed by atoms with E-state index in [-0.39, 0.29) is 48.1 Å². The Morgan fingerprint density at radius 1 is 0.746 bits per heavy atom. The van der Waals surface area contributed by atoms with Gasteiger partial charge in [0.2, 0.25) is 11.2 Å². The molecule has 16 nitrogen and oxygen atoms in total. The topological polar surface area (TPSA) is 237 Å². The van der Waals surface area contributed by atoms with Crippen LogP contribution in [0.5, 0.6) is 0 Å². The van der Waals surface area contributed by atoms with Gasteiger partial charge in [-0.25, -0.2) is 9.36 Å². The summed E-state index contributed by atoms with van der Waals surface area (Å²) in [6, 6.07) is 14.5. The predicted octanol–water partition coefficient (Wildman–Crippen LogP) is 1.14. The molecule has 2 atom stereocenters. The summed E-state index contributed by atoms with van der Waals surface area (Å²) >= 11 is 3.40. The Kier molecular flexibility index (Phi) is 11.7. The Bertz CT molecular complexity index is 2620. The fraction of sp³-hybridized carbons (Fsp3) is 0.238. The summed E-state index contributed by atoms with van der Waals surface area (Å²) in [6.07, 6.45) is 12.0. The molecule has 0 spiro atoms. The molecule has 4 aromatic rings. The average molecular weight is 862 g/mol. The van der Waals surface area contributed by atoms with E-state index in [0.717, 1.165) is 15.9 Å². The molecule has 59 heavy (non-hydrogen) atoms. The summed E-state index contributed by atoms with van der Waals surface area (Å²) in [5.41, 5.74) is 12.2. The zero-order valence-corrected chi connectivity index (χ0v) is 33.4. The second-order valence-corrected chi connectivity index (χ2v) is 14.9. The van der Waals surface area contributed by atoms with Crippen molar-refractivity contribution < 1.29 is 39.0 Å². The lowest BCUT2D eigenvalue weighted by atomic mass is 10.00. The normalized spacial score (nSPS) is 20.1. The standard InChI is InChI=1S/C21H18N4O4.C14H10BrN3O2.C7H9NO2/c1-24-10-9-21(29,20(24)28)8-7-13-3-2-4-14(11-13)25-17-6-5-15(26)12-16(17)18(23-25)19(22)27;15-8-2-1-3-9(6-8)18-12-5-4-10(19)7-11(12)13(17-18)14(16)20;1-3-7(10)4-5-8(2)6(7)9/h2-6,11,29H,9-10,12H2,1H3,(H2,22,27);1-6H,7H2,(H2,16,20);1,10H,4-5H2,2H3/t21-;;7-/m0.0/s1. The van der Waals surface area contributed by atoms with Gasteiger partial charge in [0.25, 0.3) is 23.6 Å². The number of likely N-dealkylation sites (N-methyl/N-ethyl adjacent to an activating group) is 2. The van der Waals surface area contributed by atoms with Gasteiger partial charge < -0.3 is 31.5 Å². The van der Waals surface area contributed by atoms with E-state index in [9.17, 15) is 39.0 Å². The van der Waals surface area contributed by atoms with Crippen LogP contribution in [0.4, 0.5) is 0 Å². The molecule has 2 fully saturated rings. The van der Waals surface area contributed by atoms with Gasteiger partial charge in [0.05, 0.1) is 22.8 Å². The smallest absolute Gasteiger partial charge is 0.269 e. The van der Waals surface area contributed by atoms with E-state index in [4.69, 9.17) is 17.9 Å². The van der Waals surface area contributed by atoms with E-state index in [1.165, 1.54) is 26.6 Å². The Morgan fingerprint density at radius 3 is 1.64 bits per heavy atom. The van der Waals surface area contributed by atoms with Crippen molar-refractivity contribution in [2.75, 3.05) is 27.2 Å². The number of hydrogen-bond acceptors (Lipinski definition) is 10. The molecule has 8 rings (SSSR count). The van der Waals surface area contributed by atoms with Gasteiger partial charge in [-0.1, -0.05) is 45.8 Å². The summed E-state index contributed by atoms with van der Waals surface area (Å²) in [5.74, 6) is 5.32. The van der Waals surface area contributed by atoms with Crippen LogP contribution in [0.15, 0.2) is 65.2 Å². The van der Waals surface area contributed by atoms with Crippen molar-refractivity contribution in [1.82, 2.24) is 29.4 Å². The minimum absolute atomic E-state index is 0.0584. The molecule has 2 aliphatic heterocycles. The number of allylic oxidation sites excluding steroid dienone is 2. The first-order chi connectivity index (χ1) is 27.9. The van der Waals surface area contributed by atoms with Crippen molar-refractivity contribution >= 4 is 63.3 Å². The van der Waals surface area contributed by atoms with Crippen LogP contribution in [-0.2, 0) is 32.0 Å². The first-order valence-corrected chi connectivity index (χ1v) is 18.8. The lowest BCUT2D eigenvalue weighted by molar-refractivity contribution is -0.138. The predicted molar refractivity (Wildman–Crippen MR) is 217 cm³/mol. The number of aromatic nitrogens is 4. The zero-order valence-electron chi connectivity index (χ0n) is 31.8. The number of aliphatic hydroxyl groups is 2. The summed E-state index contributed by atoms with van der Waals surface area (Å²) in [7, 11) is 3.25. The number of hydrogen-bond donors (Lipinski definition) is 4. The van der Waals surface area contributed by atoms with Crippen molar-refractivity contribution in [3.63, 3.8) is 0 Å². The Morgan fingerprint density at radius 2 is 1.22 bits per heavy atom. The number of primary amides is 2. The number of halogens is 1. The Labute approximate surface area is 346 Å². The third-order valence-electron chi connectivity index (χ3n) is 9.88. The van der Waals surface area contributed by atoms with Gasteiger partial charge in [0.15, 0.2) is 23.0 Å². The second-order valence-electron chi connectivity index (χ2n) is 14.0. The second kappa shape index (κ2) is 16.5. The number of likely N-dealkylation sites (tertiary alicyclic amines) is 2. The quantitative estimate of drug-likeness (QED) is 0.214. The largest absolute Gasteiger partial charge is 0.369 e. The van der Waals surface area contributed by atoms with Crippen LogP contribution in [0, 0.1) is 24.2 Å². The van der Waals surface area contributed by atoms with E-state index < -0.39 is 28.9 Å². The fourth-order valence-corrected chi connectivity index (χ4v) is 7.06. The number of rotatable bonds is 4.